The van der Waals surface area contributed by atoms with Crippen LogP contribution >= 0.6 is 0 Å². The lowest BCUT2D eigenvalue weighted by atomic mass is 9.95. The molecule has 59 heavy (non-hydrogen) atoms. The molecule has 0 saturated carbocycles. The number of nitrogens with one attached hydrogen (secondary N) is 1. The Kier molecular flexibility index (Phi) is 9.56. The molecule has 302 valence electrons. The Morgan fingerprint density at radius 1 is 0.746 bits per heavy atom. The quantitative estimate of drug-likeness (QED) is 0.192. The van der Waals surface area contributed by atoms with Gasteiger partial charge in [0.2, 0.25) is 11.8 Å². The molecule has 10 rings (SSSR count). The molecular formula is C44H46N10O5. The van der Waals surface area contributed by atoms with Crippen LogP contribution in [0, 0.1) is 11.8 Å². The molecule has 7 heterocycles. The molecule has 2 aromatic heterocycles. The molecule has 3 aromatic carbocycles. The minimum Gasteiger partial charge on any atom is -0.457 e. The predicted molar refractivity (Wildman–Crippen MR) is 220 cm³/mol. The molecule has 0 bridgehead atoms. The number of aromatic nitrogens is 4. The zero-order chi connectivity index (χ0) is 40.2. The van der Waals surface area contributed by atoms with Crippen LogP contribution in [0.15, 0.2) is 79.1 Å². The van der Waals surface area contributed by atoms with Gasteiger partial charge < -0.3 is 25.2 Å². The van der Waals surface area contributed by atoms with Gasteiger partial charge >= 0.3 is 0 Å². The minimum atomic E-state index is -0.962. The van der Waals surface area contributed by atoms with Crippen molar-refractivity contribution in [1.29, 1.82) is 0 Å². The van der Waals surface area contributed by atoms with Crippen LogP contribution in [0.5, 0.6) is 11.5 Å². The molecule has 5 aliphatic heterocycles. The Labute approximate surface area is 341 Å². The van der Waals surface area contributed by atoms with Gasteiger partial charge in [-0.25, -0.2) is 14.6 Å². The molecule has 0 radical (unpaired) electrons. The number of ether oxygens (including phenoxy) is 1. The first-order valence-corrected chi connectivity index (χ1v) is 20.6. The van der Waals surface area contributed by atoms with Crippen LogP contribution in [0.25, 0.3) is 22.3 Å². The third-order valence-corrected chi connectivity index (χ3v) is 12.7. The van der Waals surface area contributed by atoms with Gasteiger partial charge in [-0.2, -0.15) is 5.10 Å². The van der Waals surface area contributed by atoms with E-state index in [1.807, 2.05) is 60.7 Å². The number of benzene rings is 3. The number of imide groups is 2. The fourth-order valence-corrected chi connectivity index (χ4v) is 9.65. The second-order valence-electron chi connectivity index (χ2n) is 16.6. The number of carbonyl (C=O) groups excluding carboxylic acids is 4. The fourth-order valence-electron chi connectivity index (χ4n) is 9.65. The monoisotopic (exact) mass is 794 g/mol. The van der Waals surface area contributed by atoms with Crippen LogP contribution < -0.4 is 20.7 Å². The number of rotatable bonds is 10. The Morgan fingerprint density at radius 3 is 2.27 bits per heavy atom. The summed E-state index contributed by atoms with van der Waals surface area (Å²) in [5.41, 5.74) is 10.5. The molecule has 4 amide bonds. The van der Waals surface area contributed by atoms with Crippen molar-refractivity contribution in [3.05, 3.63) is 90.3 Å². The van der Waals surface area contributed by atoms with Gasteiger partial charge in [-0.3, -0.25) is 29.4 Å². The standard InChI is InChI=1S/C44H46N10O5/c45-40-38-39(29-6-9-33(10-7-29)59-32-4-2-1-3-5-32)49-54(41(38)47-26-46-40)30-15-17-50(18-16-30)22-28-23-51(24-28)21-27-14-19-52(25-27)31-8-11-34-35(20-31)44(58)53(43(34)57)36-12-13-37(55)48-42(36)56/h1-11,20,26-28,30,36H,12-19,21-25H2,(H2,45,46,47)(H,48,55,56)/t27-,36?/m0/s1. The van der Waals surface area contributed by atoms with Crippen molar-refractivity contribution in [2.45, 2.75) is 44.2 Å². The van der Waals surface area contributed by atoms with Crippen molar-refractivity contribution in [2.24, 2.45) is 11.8 Å². The lowest BCUT2D eigenvalue weighted by molar-refractivity contribution is -0.136. The van der Waals surface area contributed by atoms with Crippen molar-refractivity contribution >= 4 is 46.2 Å². The normalized spacial score (nSPS) is 22.0. The first kappa shape index (κ1) is 37.1. The highest BCUT2D eigenvalue weighted by molar-refractivity contribution is 6.23. The zero-order valence-corrected chi connectivity index (χ0v) is 32.7. The summed E-state index contributed by atoms with van der Waals surface area (Å²) in [6, 6.07) is 22.3. The lowest BCUT2D eigenvalue weighted by Crippen LogP contribution is -2.54. The molecule has 5 aliphatic rings. The number of nitrogen functional groups attached to an aromatic ring is 1. The number of fused-ring (bicyclic) bond motifs is 2. The molecule has 15 nitrogen and oxygen atoms in total. The number of anilines is 2. The van der Waals surface area contributed by atoms with Gasteiger partial charge in [-0.05, 0) is 92.1 Å². The highest BCUT2D eigenvalue weighted by atomic mass is 16.5. The van der Waals surface area contributed by atoms with Gasteiger partial charge in [0.15, 0.2) is 5.65 Å². The lowest BCUT2D eigenvalue weighted by Gasteiger charge is -2.44. The summed E-state index contributed by atoms with van der Waals surface area (Å²) < 4.78 is 8.08. The summed E-state index contributed by atoms with van der Waals surface area (Å²) in [4.78, 5) is 68.1. The van der Waals surface area contributed by atoms with Crippen LogP contribution in [0.4, 0.5) is 11.5 Å². The molecule has 2 atom stereocenters. The predicted octanol–water partition coefficient (Wildman–Crippen LogP) is 4.36. The molecule has 0 aliphatic carbocycles. The van der Waals surface area contributed by atoms with Gasteiger partial charge in [-0.15, -0.1) is 0 Å². The van der Waals surface area contributed by atoms with Crippen molar-refractivity contribution in [3.8, 4) is 22.8 Å². The van der Waals surface area contributed by atoms with E-state index in [2.05, 4.69) is 34.7 Å². The van der Waals surface area contributed by atoms with Gasteiger partial charge in [0, 0.05) is 70.0 Å². The van der Waals surface area contributed by atoms with E-state index in [1.54, 1.807) is 12.1 Å². The Bertz CT molecular complexity index is 2440. The zero-order valence-electron chi connectivity index (χ0n) is 32.7. The summed E-state index contributed by atoms with van der Waals surface area (Å²) in [5.74, 6) is 1.20. The van der Waals surface area contributed by atoms with Crippen molar-refractivity contribution in [2.75, 3.05) is 63.0 Å². The molecule has 4 fully saturated rings. The highest BCUT2D eigenvalue weighted by Crippen LogP contribution is 2.37. The number of amides is 4. The maximum Gasteiger partial charge on any atom is 0.262 e. The molecule has 0 spiro atoms. The fraction of sp³-hybridized carbons (Fsp3) is 0.386. The molecular weight excluding hydrogens is 749 g/mol. The number of nitrogens with zero attached hydrogens (tertiary/aromatic N) is 8. The number of hydrogen-bond acceptors (Lipinski definition) is 12. The minimum absolute atomic E-state index is 0.101. The first-order chi connectivity index (χ1) is 28.8. The number of likely N-dealkylation sites (tertiary alicyclic amines) is 2. The van der Waals surface area contributed by atoms with Crippen LogP contribution in [0.1, 0.15) is 58.9 Å². The van der Waals surface area contributed by atoms with E-state index < -0.39 is 23.8 Å². The van der Waals surface area contributed by atoms with Crippen molar-refractivity contribution < 1.29 is 23.9 Å². The average molecular weight is 795 g/mol. The second kappa shape index (κ2) is 15.2. The van der Waals surface area contributed by atoms with Gasteiger partial charge in [0.25, 0.3) is 11.8 Å². The number of nitrogens with two attached hydrogens (primary N) is 1. The van der Waals surface area contributed by atoms with E-state index in [1.165, 1.54) is 6.33 Å². The average Bonchev–Trinajstić information content (AvgIpc) is 3.93. The smallest absolute Gasteiger partial charge is 0.262 e. The highest BCUT2D eigenvalue weighted by Gasteiger charge is 2.45. The van der Waals surface area contributed by atoms with Gasteiger partial charge in [0.1, 0.15) is 35.4 Å². The summed E-state index contributed by atoms with van der Waals surface area (Å²) in [6.45, 7) is 8.11. The first-order valence-electron chi connectivity index (χ1n) is 20.6. The molecule has 1 unspecified atom stereocenters. The molecule has 3 N–H and O–H groups in total. The van der Waals surface area contributed by atoms with Crippen LogP contribution in [-0.4, -0.2) is 116 Å². The van der Waals surface area contributed by atoms with Crippen LogP contribution in [0.3, 0.4) is 0 Å². The Hall–Kier alpha value is -6.19. The van der Waals surface area contributed by atoms with Crippen LogP contribution in [-0.2, 0) is 9.59 Å². The Morgan fingerprint density at radius 2 is 1.49 bits per heavy atom. The van der Waals surface area contributed by atoms with Gasteiger partial charge in [0.05, 0.1) is 22.6 Å². The third-order valence-electron chi connectivity index (χ3n) is 12.7. The number of piperidine rings is 2. The summed E-state index contributed by atoms with van der Waals surface area (Å²) in [6.07, 6.45) is 4.80. The molecule has 15 heteroatoms. The van der Waals surface area contributed by atoms with E-state index >= 15 is 0 Å². The van der Waals surface area contributed by atoms with E-state index in [0.29, 0.717) is 28.8 Å². The number of para-hydroxylation sites is 1. The van der Waals surface area contributed by atoms with Crippen LogP contribution in [0.2, 0.25) is 0 Å². The summed E-state index contributed by atoms with van der Waals surface area (Å²) in [5, 5.41) is 8.15. The number of carbonyl (C=O) groups is 4. The summed E-state index contributed by atoms with van der Waals surface area (Å²) >= 11 is 0. The largest absolute Gasteiger partial charge is 0.457 e. The maximum absolute atomic E-state index is 13.4. The molecule has 4 saturated heterocycles. The third kappa shape index (κ3) is 7.07. The summed E-state index contributed by atoms with van der Waals surface area (Å²) in [7, 11) is 0. The van der Waals surface area contributed by atoms with Gasteiger partial charge in [-0.1, -0.05) is 18.2 Å². The van der Waals surface area contributed by atoms with Crippen molar-refractivity contribution in [3.63, 3.8) is 0 Å². The second-order valence-corrected chi connectivity index (χ2v) is 16.6. The topological polar surface area (TPSA) is 172 Å². The SMILES string of the molecule is Nc1ncnc2c1c(-c1ccc(Oc3ccccc3)cc1)nn2C1CCN(CC2CN(C[C@@H]3CCN(c4ccc5c(c4)C(=O)N(C4CCC(=O)NC4=O)C5=O)C3)C2)CC1. The van der Waals surface area contributed by atoms with Crippen molar-refractivity contribution in [1.82, 2.24) is 39.8 Å². The van der Waals surface area contributed by atoms with E-state index in [-0.39, 0.29) is 24.8 Å². The van der Waals surface area contributed by atoms with E-state index in [9.17, 15) is 19.2 Å². The number of hydrogen-bond donors (Lipinski definition) is 2. The molecule has 5 aromatic rings. The van der Waals surface area contributed by atoms with E-state index in [0.717, 1.165) is 116 Å². The maximum atomic E-state index is 13.4. The van der Waals surface area contributed by atoms with E-state index in [4.69, 9.17) is 15.6 Å². The Balaban J connectivity index is 0.705.